The van der Waals surface area contributed by atoms with Crippen LogP contribution >= 0.6 is 11.8 Å². The van der Waals surface area contributed by atoms with Crippen molar-refractivity contribution in [3.8, 4) is 5.75 Å². The quantitative estimate of drug-likeness (QED) is 0.875. The van der Waals surface area contributed by atoms with Gasteiger partial charge in [0.05, 0.1) is 6.04 Å². The monoisotopic (exact) mass is 342 g/mol. The van der Waals surface area contributed by atoms with Gasteiger partial charge in [0.2, 0.25) is 0 Å². The predicted molar refractivity (Wildman–Crippen MR) is 93.1 cm³/mol. The van der Waals surface area contributed by atoms with E-state index in [2.05, 4.69) is 17.4 Å². The highest BCUT2D eigenvalue weighted by Crippen LogP contribution is 2.35. The number of hydrogen-bond acceptors (Lipinski definition) is 4. The summed E-state index contributed by atoms with van der Waals surface area (Å²) in [5.41, 5.74) is 6.71. The van der Waals surface area contributed by atoms with Gasteiger partial charge >= 0.3 is 0 Å². The van der Waals surface area contributed by atoms with Gasteiger partial charge in [-0.15, -0.1) is 11.8 Å². The summed E-state index contributed by atoms with van der Waals surface area (Å²) >= 11 is 1.81. The molecule has 2 aromatic carbocycles. The maximum absolute atomic E-state index is 12.5. The molecule has 3 rings (SSSR count). The maximum Gasteiger partial charge on any atom is 0.255 e. The fourth-order valence-electron chi connectivity index (χ4n) is 2.62. The number of nitrogens with one attached hydrogen (secondary N) is 1. The summed E-state index contributed by atoms with van der Waals surface area (Å²) < 4.78 is 5.25. The smallest absolute Gasteiger partial charge is 0.255 e. The van der Waals surface area contributed by atoms with Crippen molar-refractivity contribution in [2.24, 2.45) is 5.73 Å². The Morgan fingerprint density at radius 1 is 1.21 bits per heavy atom. The topological polar surface area (TPSA) is 81.4 Å². The third-order valence-electron chi connectivity index (χ3n) is 3.74. The molecule has 1 aliphatic rings. The van der Waals surface area contributed by atoms with Gasteiger partial charge in [-0.25, -0.2) is 0 Å². The lowest BCUT2D eigenvalue weighted by molar-refractivity contribution is -0.119. The minimum absolute atomic E-state index is 0.00476. The van der Waals surface area contributed by atoms with Gasteiger partial charge in [-0.1, -0.05) is 24.3 Å². The maximum atomic E-state index is 12.5. The van der Waals surface area contributed by atoms with E-state index >= 15 is 0 Å². The normalized spacial score (nSPS) is 16.1. The van der Waals surface area contributed by atoms with E-state index < -0.39 is 5.91 Å². The van der Waals surface area contributed by atoms with E-state index in [4.69, 9.17) is 10.5 Å². The highest BCUT2D eigenvalue weighted by Gasteiger charge is 2.22. The Kier molecular flexibility index (Phi) is 5.05. The van der Waals surface area contributed by atoms with Gasteiger partial charge in [0.15, 0.2) is 6.61 Å². The molecular formula is C18H18N2O3S. The van der Waals surface area contributed by atoms with Crippen molar-refractivity contribution in [1.82, 2.24) is 5.32 Å². The minimum atomic E-state index is -0.554. The molecular weight excluding hydrogens is 324 g/mol. The first-order valence-corrected chi connectivity index (χ1v) is 8.66. The SMILES string of the molecule is NC(=O)COc1cccc(C(=O)N[C@H]2CCSc3ccccc32)c1. The summed E-state index contributed by atoms with van der Waals surface area (Å²) in [6.45, 7) is -0.210. The summed E-state index contributed by atoms with van der Waals surface area (Å²) in [5, 5.41) is 3.08. The molecule has 24 heavy (non-hydrogen) atoms. The molecule has 124 valence electrons. The van der Waals surface area contributed by atoms with E-state index in [1.54, 1.807) is 24.3 Å². The summed E-state index contributed by atoms with van der Waals surface area (Å²) in [6, 6.07) is 14.9. The van der Waals surface area contributed by atoms with Crippen LogP contribution in [0.4, 0.5) is 0 Å². The van der Waals surface area contributed by atoms with E-state index in [1.165, 1.54) is 4.90 Å². The number of rotatable bonds is 5. The summed E-state index contributed by atoms with van der Waals surface area (Å²) in [7, 11) is 0. The van der Waals surface area contributed by atoms with Gasteiger partial charge in [-0.2, -0.15) is 0 Å². The molecule has 2 amide bonds. The molecule has 1 aliphatic heterocycles. The lowest BCUT2D eigenvalue weighted by Gasteiger charge is -2.26. The third-order valence-corrected chi connectivity index (χ3v) is 4.86. The van der Waals surface area contributed by atoms with Crippen molar-refractivity contribution >= 4 is 23.6 Å². The molecule has 0 saturated carbocycles. The van der Waals surface area contributed by atoms with Gasteiger partial charge in [0, 0.05) is 16.2 Å². The Morgan fingerprint density at radius 2 is 2.04 bits per heavy atom. The van der Waals surface area contributed by atoms with Gasteiger partial charge in [-0.3, -0.25) is 9.59 Å². The van der Waals surface area contributed by atoms with Crippen molar-refractivity contribution in [2.75, 3.05) is 12.4 Å². The number of hydrogen-bond donors (Lipinski definition) is 2. The Morgan fingerprint density at radius 3 is 2.88 bits per heavy atom. The van der Waals surface area contributed by atoms with Crippen LogP contribution in [-0.2, 0) is 4.79 Å². The Balaban J connectivity index is 1.72. The van der Waals surface area contributed by atoms with Crippen LogP contribution in [-0.4, -0.2) is 24.2 Å². The molecule has 0 bridgehead atoms. The average molecular weight is 342 g/mol. The second-order valence-corrected chi connectivity index (χ2v) is 6.62. The van der Waals surface area contributed by atoms with Crippen molar-refractivity contribution in [3.63, 3.8) is 0 Å². The molecule has 3 N–H and O–H groups in total. The van der Waals surface area contributed by atoms with E-state index in [1.807, 2.05) is 23.9 Å². The first-order valence-electron chi connectivity index (χ1n) is 7.67. The van der Waals surface area contributed by atoms with E-state index in [9.17, 15) is 9.59 Å². The number of carbonyl (C=O) groups excluding carboxylic acids is 2. The van der Waals surface area contributed by atoms with Gasteiger partial charge in [-0.05, 0) is 36.2 Å². The fraction of sp³-hybridized carbons (Fsp3) is 0.222. The Hall–Kier alpha value is -2.47. The zero-order valence-corrected chi connectivity index (χ0v) is 13.8. The first kappa shape index (κ1) is 16.4. The molecule has 5 nitrogen and oxygen atoms in total. The van der Waals surface area contributed by atoms with Crippen LogP contribution < -0.4 is 15.8 Å². The first-order chi connectivity index (χ1) is 11.6. The van der Waals surface area contributed by atoms with E-state index in [-0.39, 0.29) is 18.6 Å². The molecule has 0 unspecified atom stereocenters. The van der Waals surface area contributed by atoms with Gasteiger partial charge < -0.3 is 15.8 Å². The Labute approximate surface area is 144 Å². The molecule has 1 heterocycles. The molecule has 6 heteroatoms. The van der Waals surface area contributed by atoms with Crippen LogP contribution in [0.1, 0.15) is 28.4 Å². The predicted octanol–water partition coefficient (Wildman–Crippen LogP) is 2.52. The van der Waals surface area contributed by atoms with E-state index in [0.29, 0.717) is 11.3 Å². The van der Waals surface area contributed by atoms with Gasteiger partial charge in [0.1, 0.15) is 5.75 Å². The van der Waals surface area contributed by atoms with Crippen molar-refractivity contribution < 1.29 is 14.3 Å². The lowest BCUT2D eigenvalue weighted by Crippen LogP contribution is -2.30. The third kappa shape index (κ3) is 3.89. The summed E-state index contributed by atoms with van der Waals surface area (Å²) in [6.07, 6.45) is 0.894. The molecule has 0 saturated heterocycles. The average Bonchev–Trinajstić information content (AvgIpc) is 2.60. The number of primary amides is 1. The summed E-state index contributed by atoms with van der Waals surface area (Å²) in [5.74, 6) is 0.706. The molecule has 1 atom stereocenters. The minimum Gasteiger partial charge on any atom is -0.484 e. The number of carbonyl (C=O) groups is 2. The number of ether oxygens (including phenoxy) is 1. The van der Waals surface area contributed by atoms with Crippen LogP contribution in [0.5, 0.6) is 5.75 Å². The zero-order chi connectivity index (χ0) is 16.9. The van der Waals surface area contributed by atoms with E-state index in [0.717, 1.165) is 17.7 Å². The second-order valence-electron chi connectivity index (χ2n) is 5.48. The van der Waals surface area contributed by atoms with Crippen LogP contribution in [0, 0.1) is 0 Å². The summed E-state index contributed by atoms with van der Waals surface area (Å²) in [4.78, 5) is 24.6. The standard InChI is InChI=1S/C18H18N2O3S/c19-17(21)11-23-13-5-3-4-12(10-13)18(22)20-15-8-9-24-16-7-2-1-6-14(15)16/h1-7,10,15H,8-9,11H2,(H2,19,21)(H,20,22)/t15-/m0/s1. The molecule has 0 spiro atoms. The molecule has 2 aromatic rings. The van der Waals surface area contributed by atoms with Crippen LogP contribution in [0.25, 0.3) is 0 Å². The lowest BCUT2D eigenvalue weighted by atomic mass is 10.0. The number of fused-ring (bicyclic) bond motifs is 1. The molecule has 0 aliphatic carbocycles. The number of nitrogens with two attached hydrogens (primary N) is 1. The molecule has 0 fully saturated rings. The number of amides is 2. The zero-order valence-electron chi connectivity index (χ0n) is 13.0. The number of thioether (sulfide) groups is 1. The molecule has 0 aromatic heterocycles. The van der Waals surface area contributed by atoms with Crippen molar-refractivity contribution in [3.05, 3.63) is 59.7 Å². The fourth-order valence-corrected chi connectivity index (χ4v) is 3.74. The van der Waals surface area contributed by atoms with Crippen LogP contribution in [0.3, 0.4) is 0 Å². The number of benzene rings is 2. The molecule has 0 radical (unpaired) electrons. The highest BCUT2D eigenvalue weighted by atomic mass is 32.2. The van der Waals surface area contributed by atoms with Gasteiger partial charge in [0.25, 0.3) is 11.8 Å². The van der Waals surface area contributed by atoms with Crippen molar-refractivity contribution in [1.29, 1.82) is 0 Å². The Bertz CT molecular complexity index is 763. The van der Waals surface area contributed by atoms with Crippen molar-refractivity contribution in [2.45, 2.75) is 17.4 Å². The highest BCUT2D eigenvalue weighted by molar-refractivity contribution is 7.99. The largest absolute Gasteiger partial charge is 0.484 e. The second kappa shape index (κ2) is 7.40. The van der Waals surface area contributed by atoms with Crippen LogP contribution in [0.15, 0.2) is 53.4 Å². The van der Waals surface area contributed by atoms with Crippen LogP contribution in [0.2, 0.25) is 0 Å².